The fourth-order valence-corrected chi connectivity index (χ4v) is 6.11. The van der Waals surface area contributed by atoms with Gasteiger partial charge in [0.05, 0.1) is 22.8 Å². The summed E-state index contributed by atoms with van der Waals surface area (Å²) in [6.45, 7) is 2.90. The molecule has 0 radical (unpaired) electrons. The van der Waals surface area contributed by atoms with Crippen molar-refractivity contribution in [2.45, 2.75) is 48.0 Å². The fourth-order valence-electron chi connectivity index (χ4n) is 4.50. The quantitative estimate of drug-likeness (QED) is 0.402. The van der Waals surface area contributed by atoms with Crippen LogP contribution in [0.3, 0.4) is 0 Å². The molecule has 0 saturated carbocycles. The van der Waals surface area contributed by atoms with Gasteiger partial charge in [-0.2, -0.15) is 0 Å². The van der Waals surface area contributed by atoms with Gasteiger partial charge in [-0.3, -0.25) is 4.79 Å². The minimum Gasteiger partial charge on any atom is -0.394 e. The number of pyridine rings is 1. The van der Waals surface area contributed by atoms with Crippen molar-refractivity contribution < 1.29 is 28.9 Å². The Morgan fingerprint density at radius 2 is 2.10 bits per heavy atom. The number of amides is 1. The van der Waals surface area contributed by atoms with Gasteiger partial charge in [-0.05, 0) is 31.5 Å². The predicted octanol–water partition coefficient (Wildman–Crippen LogP) is 3.45. The first-order valence-electron chi connectivity index (χ1n) is 12.4. The van der Waals surface area contributed by atoms with E-state index in [0.717, 1.165) is 6.42 Å². The van der Waals surface area contributed by atoms with Crippen molar-refractivity contribution in [3.63, 3.8) is 0 Å². The van der Waals surface area contributed by atoms with Crippen molar-refractivity contribution in [1.29, 1.82) is 0 Å². The molecule has 2 unspecified atom stereocenters. The fraction of sp³-hybridized carbons (Fsp3) is 0.440. The van der Waals surface area contributed by atoms with Gasteiger partial charge in [-0.15, -0.1) is 5.10 Å². The number of carbonyl (C=O) groups is 1. The molecule has 0 spiro atoms. The minimum atomic E-state index is -1.22. The Morgan fingerprint density at radius 3 is 2.77 bits per heavy atom. The Hall–Kier alpha value is -2.32. The standard InChI is InChI=1S/C25H26Cl2FN5O5S/c1-2-37-23-21(33-11-17(30-31-33)13-4-5-15(27)16(28)8-13)22(35)18(12-34)38-25(23)39-19-9-14(26)10-29-20(19)24(36)32-6-3-7-32/h4-5,8-11,18,21-23,25,34-35H,2-3,6-7,12H2,1H3/t18?,21?,22-,23-,25+/m0/s1. The number of rotatable bonds is 8. The molecule has 1 amide bonds. The lowest BCUT2D eigenvalue weighted by Crippen LogP contribution is -2.56. The summed E-state index contributed by atoms with van der Waals surface area (Å²) >= 11 is 13.2. The molecule has 2 aliphatic rings. The number of aliphatic hydroxyl groups excluding tert-OH is 2. The molecule has 14 heteroatoms. The Morgan fingerprint density at radius 1 is 1.31 bits per heavy atom. The van der Waals surface area contributed by atoms with Gasteiger partial charge in [-0.1, -0.05) is 46.2 Å². The first-order chi connectivity index (χ1) is 18.8. The zero-order valence-corrected chi connectivity index (χ0v) is 23.1. The number of benzene rings is 1. The van der Waals surface area contributed by atoms with Crippen LogP contribution in [-0.4, -0.2) is 91.0 Å². The van der Waals surface area contributed by atoms with Crippen molar-refractivity contribution in [1.82, 2.24) is 24.9 Å². The van der Waals surface area contributed by atoms with Crippen LogP contribution < -0.4 is 0 Å². The highest BCUT2D eigenvalue weighted by Gasteiger charge is 2.48. The van der Waals surface area contributed by atoms with E-state index in [9.17, 15) is 19.4 Å². The lowest BCUT2D eigenvalue weighted by Gasteiger charge is -2.43. The van der Waals surface area contributed by atoms with Crippen molar-refractivity contribution in [3.8, 4) is 11.3 Å². The summed E-state index contributed by atoms with van der Waals surface area (Å²) in [5.74, 6) is -0.812. The van der Waals surface area contributed by atoms with Gasteiger partial charge >= 0.3 is 0 Å². The van der Waals surface area contributed by atoms with Gasteiger partial charge in [0.2, 0.25) is 0 Å². The van der Waals surface area contributed by atoms with E-state index < -0.39 is 42.2 Å². The molecular weight excluding hydrogens is 572 g/mol. The van der Waals surface area contributed by atoms with Crippen molar-refractivity contribution >= 4 is 40.9 Å². The third kappa shape index (κ3) is 5.78. The molecule has 10 nitrogen and oxygen atoms in total. The molecule has 2 aromatic heterocycles. The molecule has 0 aliphatic carbocycles. The van der Waals surface area contributed by atoms with E-state index in [4.69, 9.17) is 32.7 Å². The normalized spacial score (nSPS) is 25.0. The maximum atomic E-state index is 14.1. The number of ether oxygens (including phenoxy) is 2. The van der Waals surface area contributed by atoms with E-state index in [1.807, 2.05) is 0 Å². The molecule has 208 valence electrons. The number of thioether (sulfide) groups is 1. The van der Waals surface area contributed by atoms with E-state index in [1.165, 1.54) is 34.8 Å². The number of halogens is 3. The van der Waals surface area contributed by atoms with E-state index in [-0.39, 0.29) is 23.2 Å². The van der Waals surface area contributed by atoms with Crippen LogP contribution in [-0.2, 0) is 9.47 Å². The summed E-state index contributed by atoms with van der Waals surface area (Å²) in [6, 6.07) is 5.07. The van der Waals surface area contributed by atoms with Crippen LogP contribution in [0.25, 0.3) is 11.3 Å². The van der Waals surface area contributed by atoms with Crippen LogP contribution in [0.2, 0.25) is 10.0 Å². The second-order valence-electron chi connectivity index (χ2n) is 9.10. The molecule has 4 heterocycles. The monoisotopic (exact) mass is 597 g/mol. The summed E-state index contributed by atoms with van der Waals surface area (Å²) in [7, 11) is 0. The average molecular weight is 598 g/mol. The number of carbonyl (C=O) groups excluding carboxylic acids is 1. The largest absolute Gasteiger partial charge is 0.394 e. The van der Waals surface area contributed by atoms with E-state index >= 15 is 0 Å². The van der Waals surface area contributed by atoms with Gasteiger partial charge in [0, 0.05) is 36.4 Å². The molecule has 2 fully saturated rings. The minimum absolute atomic E-state index is 0.0180. The van der Waals surface area contributed by atoms with Gasteiger partial charge < -0.3 is 24.6 Å². The van der Waals surface area contributed by atoms with Gasteiger partial charge in [0.1, 0.15) is 47.0 Å². The predicted molar refractivity (Wildman–Crippen MR) is 142 cm³/mol. The average Bonchev–Trinajstić information content (AvgIpc) is 3.36. The van der Waals surface area contributed by atoms with Crippen LogP contribution in [0.1, 0.15) is 29.9 Å². The Balaban J connectivity index is 1.49. The molecule has 2 saturated heterocycles. The Labute approximate surface area is 238 Å². The second-order valence-corrected chi connectivity index (χ2v) is 11.1. The maximum absolute atomic E-state index is 14.1. The first kappa shape index (κ1) is 28.2. The van der Waals surface area contributed by atoms with E-state index in [2.05, 4.69) is 15.3 Å². The van der Waals surface area contributed by atoms with Gasteiger partial charge in [0.25, 0.3) is 5.91 Å². The highest BCUT2D eigenvalue weighted by molar-refractivity contribution is 8.00. The lowest BCUT2D eigenvalue weighted by atomic mass is 9.97. The van der Waals surface area contributed by atoms with Gasteiger partial charge in [0.15, 0.2) is 0 Å². The number of hydrogen-bond acceptors (Lipinski definition) is 9. The molecule has 2 N–H and O–H groups in total. The maximum Gasteiger partial charge on any atom is 0.273 e. The van der Waals surface area contributed by atoms with Crippen LogP contribution in [0, 0.1) is 5.82 Å². The summed E-state index contributed by atoms with van der Waals surface area (Å²) in [5, 5.41) is 29.9. The van der Waals surface area contributed by atoms with Crippen LogP contribution in [0.4, 0.5) is 4.39 Å². The zero-order valence-electron chi connectivity index (χ0n) is 20.8. The van der Waals surface area contributed by atoms with Crippen LogP contribution >= 0.6 is 35.0 Å². The van der Waals surface area contributed by atoms with Crippen molar-refractivity contribution in [2.24, 2.45) is 0 Å². The van der Waals surface area contributed by atoms with Crippen molar-refractivity contribution in [3.05, 3.63) is 58.2 Å². The highest BCUT2D eigenvalue weighted by Crippen LogP contribution is 2.41. The molecule has 1 aromatic carbocycles. The Kier molecular flexibility index (Phi) is 8.72. The second kappa shape index (κ2) is 12.0. The third-order valence-electron chi connectivity index (χ3n) is 6.62. The first-order valence-corrected chi connectivity index (χ1v) is 14.0. The van der Waals surface area contributed by atoms with E-state index in [1.54, 1.807) is 30.2 Å². The molecule has 0 bridgehead atoms. The molecular formula is C25H26Cl2FN5O5S. The third-order valence-corrected chi connectivity index (χ3v) is 8.31. The Bertz CT molecular complexity index is 1350. The molecule has 2 aliphatic heterocycles. The van der Waals surface area contributed by atoms with Crippen LogP contribution in [0.5, 0.6) is 0 Å². The van der Waals surface area contributed by atoms with E-state index in [0.29, 0.717) is 34.3 Å². The van der Waals surface area contributed by atoms with Crippen molar-refractivity contribution in [2.75, 3.05) is 26.3 Å². The number of hydrogen-bond donors (Lipinski definition) is 2. The zero-order chi connectivity index (χ0) is 27.7. The smallest absolute Gasteiger partial charge is 0.273 e. The molecule has 3 aromatic rings. The molecule has 39 heavy (non-hydrogen) atoms. The lowest BCUT2D eigenvalue weighted by molar-refractivity contribution is -0.191. The summed E-state index contributed by atoms with van der Waals surface area (Å²) < 4.78 is 27.6. The van der Waals surface area contributed by atoms with Crippen LogP contribution in [0.15, 0.2) is 41.6 Å². The number of aromatic nitrogens is 4. The number of aliphatic hydroxyl groups is 2. The molecule has 5 rings (SSSR count). The topological polar surface area (TPSA) is 123 Å². The summed E-state index contributed by atoms with van der Waals surface area (Å²) in [5.41, 5.74) is 0.241. The molecule has 5 atom stereocenters. The number of nitrogens with zero attached hydrogens (tertiary/aromatic N) is 5. The SMILES string of the molecule is CCO[C@H]1C(n2cc(-c3ccc(Cl)c(F)c3)nn2)[C@@H](O)C(CO)O[C@@H]1Sc1cc(Cl)cnc1C(=O)N1CCC1. The van der Waals surface area contributed by atoms with Gasteiger partial charge in [-0.25, -0.2) is 14.1 Å². The highest BCUT2D eigenvalue weighted by atomic mass is 35.5. The summed E-state index contributed by atoms with van der Waals surface area (Å²) in [4.78, 5) is 19.5. The number of likely N-dealkylation sites (tertiary alicyclic amines) is 1. The summed E-state index contributed by atoms with van der Waals surface area (Å²) in [6.07, 6.45) is 0.899.